The topological polar surface area (TPSA) is 39.1 Å². The summed E-state index contributed by atoms with van der Waals surface area (Å²) in [6, 6.07) is 0.667. The summed E-state index contributed by atoms with van der Waals surface area (Å²) < 4.78 is 7.74. The van der Waals surface area contributed by atoms with E-state index in [1.807, 2.05) is 6.20 Å². The van der Waals surface area contributed by atoms with E-state index in [0.717, 1.165) is 19.7 Å². The van der Waals surface area contributed by atoms with Crippen LogP contribution in [0.2, 0.25) is 0 Å². The van der Waals surface area contributed by atoms with Crippen molar-refractivity contribution < 1.29 is 4.74 Å². The van der Waals surface area contributed by atoms with Gasteiger partial charge in [0.25, 0.3) is 0 Å². The first-order valence-electron chi connectivity index (χ1n) is 5.30. The lowest BCUT2D eigenvalue weighted by atomic mass is 10.2. The molecule has 0 aromatic carbocycles. The van der Waals surface area contributed by atoms with Crippen LogP contribution in [0.5, 0.6) is 0 Å². The van der Waals surface area contributed by atoms with Crippen LogP contribution in [0.15, 0.2) is 12.4 Å². The van der Waals surface area contributed by atoms with Gasteiger partial charge in [-0.2, -0.15) is 5.10 Å². The molecule has 1 aromatic rings. The van der Waals surface area contributed by atoms with Gasteiger partial charge in [-0.25, -0.2) is 0 Å². The van der Waals surface area contributed by atoms with Crippen LogP contribution in [0, 0.1) is 0 Å². The van der Waals surface area contributed by atoms with E-state index in [-0.39, 0.29) is 6.10 Å². The molecule has 2 aliphatic rings. The van der Waals surface area contributed by atoms with Crippen molar-refractivity contribution in [3.05, 3.63) is 18.0 Å². The third-order valence-electron chi connectivity index (χ3n) is 2.84. The Hall–Kier alpha value is -0.870. The van der Waals surface area contributed by atoms with Crippen LogP contribution in [0.3, 0.4) is 0 Å². The van der Waals surface area contributed by atoms with Crippen molar-refractivity contribution in [2.45, 2.75) is 25.0 Å². The van der Waals surface area contributed by atoms with Crippen LogP contribution in [-0.4, -0.2) is 29.5 Å². The Morgan fingerprint density at radius 3 is 3.14 bits per heavy atom. The molecule has 1 atom stereocenters. The van der Waals surface area contributed by atoms with Gasteiger partial charge in [-0.05, 0) is 12.8 Å². The van der Waals surface area contributed by atoms with E-state index in [4.69, 9.17) is 4.74 Å². The molecule has 76 valence electrons. The maximum atomic E-state index is 5.66. The Morgan fingerprint density at radius 1 is 1.50 bits per heavy atom. The molecular formula is C10H15N3O. The van der Waals surface area contributed by atoms with E-state index in [9.17, 15) is 0 Å². The van der Waals surface area contributed by atoms with Gasteiger partial charge in [0.15, 0.2) is 0 Å². The molecule has 0 amide bonds. The first kappa shape index (κ1) is 8.44. The molecule has 1 aliphatic carbocycles. The fourth-order valence-corrected chi connectivity index (χ4v) is 1.84. The van der Waals surface area contributed by atoms with Gasteiger partial charge in [-0.1, -0.05) is 0 Å². The molecule has 0 unspecified atom stereocenters. The van der Waals surface area contributed by atoms with Crippen LogP contribution in [-0.2, 0) is 4.74 Å². The van der Waals surface area contributed by atoms with Crippen LogP contribution in [0.1, 0.15) is 30.6 Å². The number of hydrogen-bond donors (Lipinski definition) is 1. The predicted octanol–water partition coefficient (Wildman–Crippen LogP) is 0.879. The van der Waals surface area contributed by atoms with Crippen molar-refractivity contribution in [2.24, 2.45) is 0 Å². The van der Waals surface area contributed by atoms with Gasteiger partial charge >= 0.3 is 0 Å². The third kappa shape index (κ3) is 1.55. The highest BCUT2D eigenvalue weighted by Gasteiger charge is 2.25. The van der Waals surface area contributed by atoms with Crippen LogP contribution < -0.4 is 5.32 Å². The molecule has 1 saturated heterocycles. The number of nitrogens with one attached hydrogen (secondary N) is 1. The standard InChI is InChI=1S/C10H15N3O/c1-2-9(1)13-7-8(5-12-13)10-6-11-3-4-14-10/h5,7,9-11H,1-4,6H2/t10-/m1/s1. The first-order chi connectivity index (χ1) is 6.93. The number of rotatable bonds is 2. The summed E-state index contributed by atoms with van der Waals surface area (Å²) in [5.41, 5.74) is 1.21. The normalized spacial score (nSPS) is 27.9. The molecule has 4 nitrogen and oxygen atoms in total. The first-order valence-corrected chi connectivity index (χ1v) is 5.30. The van der Waals surface area contributed by atoms with Gasteiger partial charge < -0.3 is 10.1 Å². The monoisotopic (exact) mass is 193 g/mol. The fourth-order valence-electron chi connectivity index (χ4n) is 1.84. The minimum absolute atomic E-state index is 0.205. The second-order valence-corrected chi connectivity index (χ2v) is 4.05. The Morgan fingerprint density at radius 2 is 2.43 bits per heavy atom. The average molecular weight is 193 g/mol. The van der Waals surface area contributed by atoms with E-state index in [1.165, 1.54) is 18.4 Å². The highest BCUT2D eigenvalue weighted by molar-refractivity contribution is 5.10. The van der Waals surface area contributed by atoms with E-state index >= 15 is 0 Å². The number of hydrogen-bond acceptors (Lipinski definition) is 3. The highest BCUT2D eigenvalue weighted by atomic mass is 16.5. The maximum Gasteiger partial charge on any atom is 0.0980 e. The number of morpholine rings is 1. The van der Waals surface area contributed by atoms with E-state index < -0.39 is 0 Å². The summed E-state index contributed by atoms with van der Waals surface area (Å²) in [7, 11) is 0. The van der Waals surface area contributed by atoms with Crippen molar-refractivity contribution in [3.8, 4) is 0 Å². The second-order valence-electron chi connectivity index (χ2n) is 4.05. The molecule has 1 aromatic heterocycles. The van der Waals surface area contributed by atoms with Crippen molar-refractivity contribution >= 4 is 0 Å². The molecule has 0 radical (unpaired) electrons. The Kier molecular flexibility index (Phi) is 2.03. The number of aromatic nitrogens is 2. The van der Waals surface area contributed by atoms with Gasteiger partial charge in [-0.3, -0.25) is 4.68 Å². The summed E-state index contributed by atoms with van der Waals surface area (Å²) in [6.45, 7) is 2.68. The molecule has 1 N–H and O–H groups in total. The van der Waals surface area contributed by atoms with Crippen molar-refractivity contribution in [2.75, 3.05) is 19.7 Å². The van der Waals surface area contributed by atoms with E-state index in [0.29, 0.717) is 6.04 Å². The summed E-state index contributed by atoms with van der Waals surface area (Å²) in [5.74, 6) is 0. The SMILES string of the molecule is c1nn(C2CC2)cc1[C@H]1CNCCO1. The zero-order valence-electron chi connectivity index (χ0n) is 8.15. The summed E-state index contributed by atoms with van der Waals surface area (Å²) in [6.07, 6.45) is 6.84. The molecule has 14 heavy (non-hydrogen) atoms. The molecule has 0 bridgehead atoms. The summed E-state index contributed by atoms with van der Waals surface area (Å²) in [4.78, 5) is 0. The molecule has 1 saturated carbocycles. The third-order valence-corrected chi connectivity index (χ3v) is 2.84. The molecule has 2 heterocycles. The lowest BCUT2D eigenvalue weighted by Gasteiger charge is -2.22. The van der Waals surface area contributed by atoms with Crippen molar-refractivity contribution in [1.82, 2.24) is 15.1 Å². The number of ether oxygens (including phenoxy) is 1. The van der Waals surface area contributed by atoms with Crippen LogP contribution in [0.25, 0.3) is 0 Å². The van der Waals surface area contributed by atoms with Gasteiger partial charge in [0.2, 0.25) is 0 Å². The Labute approximate surface area is 83.2 Å². The zero-order chi connectivity index (χ0) is 9.38. The lowest BCUT2D eigenvalue weighted by molar-refractivity contribution is 0.0276. The minimum Gasteiger partial charge on any atom is -0.371 e. The average Bonchev–Trinajstić information content (AvgIpc) is 2.98. The smallest absolute Gasteiger partial charge is 0.0980 e. The van der Waals surface area contributed by atoms with Crippen LogP contribution >= 0.6 is 0 Å². The van der Waals surface area contributed by atoms with Crippen molar-refractivity contribution in [1.29, 1.82) is 0 Å². The Balaban J connectivity index is 1.74. The van der Waals surface area contributed by atoms with Crippen molar-refractivity contribution in [3.63, 3.8) is 0 Å². The zero-order valence-corrected chi connectivity index (χ0v) is 8.15. The fraction of sp³-hybridized carbons (Fsp3) is 0.700. The Bertz CT molecular complexity index is 313. The maximum absolute atomic E-state index is 5.66. The van der Waals surface area contributed by atoms with E-state index in [1.54, 1.807) is 0 Å². The largest absolute Gasteiger partial charge is 0.371 e. The molecule has 4 heteroatoms. The van der Waals surface area contributed by atoms with Gasteiger partial charge in [0, 0.05) is 24.8 Å². The molecule has 2 fully saturated rings. The quantitative estimate of drug-likeness (QED) is 0.757. The molecule has 1 aliphatic heterocycles. The number of nitrogens with zero attached hydrogens (tertiary/aromatic N) is 2. The molecular weight excluding hydrogens is 178 g/mol. The van der Waals surface area contributed by atoms with Gasteiger partial charge in [0.1, 0.15) is 0 Å². The predicted molar refractivity (Wildman–Crippen MR) is 52.1 cm³/mol. The van der Waals surface area contributed by atoms with Gasteiger partial charge in [-0.15, -0.1) is 0 Å². The molecule has 3 rings (SSSR count). The molecule has 0 spiro atoms. The summed E-state index contributed by atoms with van der Waals surface area (Å²) >= 11 is 0. The van der Waals surface area contributed by atoms with Gasteiger partial charge in [0.05, 0.1) is 24.9 Å². The van der Waals surface area contributed by atoms with Crippen LogP contribution in [0.4, 0.5) is 0 Å². The minimum atomic E-state index is 0.205. The van der Waals surface area contributed by atoms with E-state index in [2.05, 4.69) is 21.3 Å². The lowest BCUT2D eigenvalue weighted by Crippen LogP contribution is -2.33. The highest BCUT2D eigenvalue weighted by Crippen LogP contribution is 2.34. The second kappa shape index (κ2) is 3.37. The summed E-state index contributed by atoms with van der Waals surface area (Å²) in [5, 5.41) is 7.69.